The average molecular weight is 168 g/mol. The summed E-state index contributed by atoms with van der Waals surface area (Å²) in [6.45, 7) is 6.48. The molecule has 70 valence electrons. The van der Waals surface area contributed by atoms with Crippen LogP contribution >= 0.6 is 0 Å². The van der Waals surface area contributed by atoms with Crippen LogP contribution < -0.4 is 0 Å². The van der Waals surface area contributed by atoms with E-state index >= 15 is 0 Å². The van der Waals surface area contributed by atoms with Gasteiger partial charge in [0, 0.05) is 0 Å². The number of aliphatic hydroxyl groups is 1. The minimum Gasteiger partial charge on any atom is -0.389 e. The highest BCUT2D eigenvalue weighted by Crippen LogP contribution is 2.37. The van der Waals surface area contributed by atoms with Gasteiger partial charge in [0.1, 0.15) is 0 Å². The Bertz CT molecular complexity index is 165. The van der Waals surface area contributed by atoms with E-state index in [9.17, 15) is 0 Å². The predicted octanol–water partition coefficient (Wildman–Crippen LogP) is 2.89. The maximum Gasteiger partial charge on any atom is 0.0695 e. The van der Waals surface area contributed by atoms with Gasteiger partial charge in [-0.15, -0.1) is 0 Å². The molecule has 0 saturated heterocycles. The van der Waals surface area contributed by atoms with Crippen molar-refractivity contribution in [1.82, 2.24) is 0 Å². The molecule has 0 radical (unpaired) electrons. The smallest absolute Gasteiger partial charge is 0.0695 e. The first-order valence-corrected chi connectivity index (χ1v) is 4.87. The summed E-state index contributed by atoms with van der Waals surface area (Å²) in [5, 5.41) is 9.16. The van der Waals surface area contributed by atoms with Gasteiger partial charge in [0.15, 0.2) is 0 Å². The molecule has 0 bridgehead atoms. The van der Waals surface area contributed by atoms with Crippen molar-refractivity contribution in [3.8, 4) is 0 Å². The van der Waals surface area contributed by atoms with Gasteiger partial charge < -0.3 is 5.11 Å². The van der Waals surface area contributed by atoms with Crippen LogP contribution in [0.3, 0.4) is 0 Å². The van der Waals surface area contributed by atoms with Crippen LogP contribution in [0.1, 0.15) is 46.5 Å². The zero-order valence-corrected chi connectivity index (χ0v) is 8.43. The lowest BCUT2D eigenvalue weighted by Crippen LogP contribution is -2.17. The largest absolute Gasteiger partial charge is 0.389 e. The van der Waals surface area contributed by atoms with E-state index < -0.39 is 0 Å². The maximum absolute atomic E-state index is 9.16. The highest BCUT2D eigenvalue weighted by molar-refractivity contribution is 5.08. The molecule has 0 aromatic heterocycles. The third-order valence-electron chi connectivity index (χ3n) is 2.72. The minimum absolute atomic E-state index is 0.263. The number of rotatable bonds is 1. The highest BCUT2D eigenvalue weighted by atomic mass is 16.3. The molecule has 1 N–H and O–H groups in total. The van der Waals surface area contributed by atoms with Crippen LogP contribution in [-0.2, 0) is 0 Å². The minimum atomic E-state index is -0.263. The van der Waals surface area contributed by atoms with E-state index in [1.807, 2.05) is 13.0 Å². The van der Waals surface area contributed by atoms with Crippen LogP contribution in [0.15, 0.2) is 11.6 Å². The number of hydrogen-bond donors (Lipinski definition) is 1. The van der Waals surface area contributed by atoms with Gasteiger partial charge in [-0.3, -0.25) is 0 Å². The van der Waals surface area contributed by atoms with Crippen molar-refractivity contribution in [2.45, 2.75) is 52.6 Å². The average Bonchev–Trinajstić information content (AvgIpc) is 1.93. The molecule has 1 fully saturated rings. The summed E-state index contributed by atoms with van der Waals surface area (Å²) < 4.78 is 0. The summed E-state index contributed by atoms with van der Waals surface area (Å²) >= 11 is 0. The zero-order chi connectivity index (χ0) is 9.19. The normalized spacial score (nSPS) is 25.2. The van der Waals surface area contributed by atoms with Crippen molar-refractivity contribution < 1.29 is 5.11 Å². The molecule has 1 saturated carbocycles. The van der Waals surface area contributed by atoms with Gasteiger partial charge in [0.2, 0.25) is 0 Å². The lowest BCUT2D eigenvalue weighted by molar-refractivity contribution is 0.236. The third-order valence-corrected chi connectivity index (χ3v) is 2.72. The Morgan fingerprint density at radius 3 is 2.25 bits per heavy atom. The van der Waals surface area contributed by atoms with E-state index in [2.05, 4.69) is 13.8 Å². The lowest BCUT2D eigenvalue weighted by Gasteiger charge is -2.31. The van der Waals surface area contributed by atoms with Crippen LogP contribution in [0, 0.1) is 5.41 Å². The molecule has 1 aliphatic carbocycles. The van der Waals surface area contributed by atoms with Gasteiger partial charge in [0.05, 0.1) is 6.10 Å². The van der Waals surface area contributed by atoms with Crippen molar-refractivity contribution >= 4 is 0 Å². The first kappa shape index (κ1) is 9.79. The van der Waals surface area contributed by atoms with Gasteiger partial charge in [-0.25, -0.2) is 0 Å². The maximum atomic E-state index is 9.16. The summed E-state index contributed by atoms with van der Waals surface area (Å²) in [6.07, 6.45) is 6.64. The molecule has 1 nitrogen and oxygen atoms in total. The Balaban J connectivity index is 2.46. The van der Waals surface area contributed by atoms with E-state index in [0.717, 1.165) is 0 Å². The molecule has 0 spiro atoms. The van der Waals surface area contributed by atoms with E-state index in [1.54, 1.807) is 0 Å². The number of hydrogen-bond acceptors (Lipinski definition) is 1. The molecule has 12 heavy (non-hydrogen) atoms. The number of allylic oxidation sites excluding steroid dienone is 1. The first-order chi connectivity index (χ1) is 5.49. The van der Waals surface area contributed by atoms with Crippen LogP contribution in [-0.4, -0.2) is 11.2 Å². The number of aliphatic hydroxyl groups excluding tert-OH is 1. The van der Waals surface area contributed by atoms with E-state index in [0.29, 0.717) is 5.41 Å². The van der Waals surface area contributed by atoms with Crippen molar-refractivity contribution in [1.29, 1.82) is 0 Å². The highest BCUT2D eigenvalue weighted by Gasteiger charge is 2.23. The molecule has 1 rings (SSSR count). The van der Waals surface area contributed by atoms with Crippen LogP contribution in [0.5, 0.6) is 0 Å². The summed E-state index contributed by atoms with van der Waals surface area (Å²) in [7, 11) is 0. The van der Waals surface area contributed by atoms with E-state index in [4.69, 9.17) is 5.11 Å². The second kappa shape index (κ2) is 3.61. The lowest BCUT2D eigenvalue weighted by atomic mass is 9.75. The van der Waals surface area contributed by atoms with Gasteiger partial charge in [-0.2, -0.15) is 0 Å². The predicted molar refractivity (Wildman–Crippen MR) is 52.0 cm³/mol. The molecule has 0 aromatic rings. The van der Waals surface area contributed by atoms with Crippen LogP contribution in [0.4, 0.5) is 0 Å². The van der Waals surface area contributed by atoms with Gasteiger partial charge in [0.25, 0.3) is 0 Å². The van der Waals surface area contributed by atoms with Crippen molar-refractivity contribution in [3.05, 3.63) is 11.6 Å². The second-order valence-electron chi connectivity index (χ2n) is 4.73. The molecule has 0 amide bonds. The molecule has 1 heteroatoms. The second-order valence-corrected chi connectivity index (χ2v) is 4.73. The van der Waals surface area contributed by atoms with Crippen molar-refractivity contribution in [3.63, 3.8) is 0 Å². The molecule has 1 atom stereocenters. The van der Waals surface area contributed by atoms with Crippen LogP contribution in [0.2, 0.25) is 0 Å². The molecule has 0 aromatic carbocycles. The fourth-order valence-electron chi connectivity index (χ4n) is 1.76. The van der Waals surface area contributed by atoms with Crippen LogP contribution in [0.25, 0.3) is 0 Å². The summed E-state index contributed by atoms with van der Waals surface area (Å²) in [5.74, 6) is 0. The Kier molecular flexibility index (Phi) is 2.94. The summed E-state index contributed by atoms with van der Waals surface area (Å²) in [6, 6.07) is 0. The fraction of sp³-hybridized carbons (Fsp3) is 0.818. The Morgan fingerprint density at radius 1 is 1.33 bits per heavy atom. The standard InChI is InChI=1S/C11H20O/c1-9(12)8-10-4-6-11(2,3)7-5-10/h8-9,12H,4-7H2,1-3H3/t9-/m1/s1. The van der Waals surface area contributed by atoms with Crippen molar-refractivity contribution in [2.24, 2.45) is 5.41 Å². The molecular weight excluding hydrogens is 148 g/mol. The Labute approximate surface area is 75.5 Å². The monoisotopic (exact) mass is 168 g/mol. The molecule has 0 aliphatic heterocycles. The van der Waals surface area contributed by atoms with Gasteiger partial charge in [-0.05, 0) is 38.0 Å². The first-order valence-electron chi connectivity index (χ1n) is 4.87. The Hall–Kier alpha value is -0.300. The Morgan fingerprint density at radius 2 is 1.83 bits per heavy atom. The topological polar surface area (TPSA) is 20.2 Å². The molecule has 0 unspecified atom stereocenters. The van der Waals surface area contributed by atoms with E-state index in [1.165, 1.54) is 31.3 Å². The summed E-state index contributed by atoms with van der Waals surface area (Å²) in [5.41, 5.74) is 1.97. The molecule has 0 heterocycles. The quantitative estimate of drug-likeness (QED) is 0.597. The van der Waals surface area contributed by atoms with E-state index in [-0.39, 0.29) is 6.10 Å². The molecular formula is C11H20O. The summed E-state index contributed by atoms with van der Waals surface area (Å²) in [4.78, 5) is 0. The van der Waals surface area contributed by atoms with Crippen molar-refractivity contribution in [2.75, 3.05) is 0 Å². The molecule has 1 aliphatic rings. The SMILES string of the molecule is C[C@@H](O)C=C1CCC(C)(C)CC1. The third kappa shape index (κ3) is 2.98. The van der Waals surface area contributed by atoms with Gasteiger partial charge in [-0.1, -0.05) is 25.5 Å². The fourth-order valence-corrected chi connectivity index (χ4v) is 1.76. The van der Waals surface area contributed by atoms with Gasteiger partial charge >= 0.3 is 0 Å². The zero-order valence-electron chi connectivity index (χ0n) is 8.43.